The number of aromatic nitrogens is 2. The second-order valence-corrected chi connectivity index (χ2v) is 8.21. The summed E-state index contributed by atoms with van der Waals surface area (Å²) in [6.07, 6.45) is 3.77. The number of nitrogens with one attached hydrogen (secondary N) is 1. The van der Waals surface area contributed by atoms with E-state index in [9.17, 15) is 19.7 Å². The monoisotopic (exact) mass is 472 g/mol. The molecule has 1 amide bonds. The van der Waals surface area contributed by atoms with Crippen LogP contribution in [0.4, 0.5) is 5.69 Å². The number of benzene rings is 1. The van der Waals surface area contributed by atoms with Crippen LogP contribution in [-0.2, 0) is 16.0 Å². The lowest BCUT2D eigenvalue weighted by Crippen LogP contribution is -2.32. The summed E-state index contributed by atoms with van der Waals surface area (Å²) in [6, 6.07) is 8.55. The zero-order valence-electron chi connectivity index (χ0n) is 19.7. The third kappa shape index (κ3) is 6.27. The molecule has 1 N–H and O–H groups in total. The van der Waals surface area contributed by atoms with E-state index in [0.29, 0.717) is 25.0 Å². The first kappa shape index (κ1) is 25.5. The average molecular weight is 473 g/mol. The molecule has 2 aromatic rings. The molecular weight excluding hydrogens is 440 g/mol. The van der Waals surface area contributed by atoms with E-state index in [0.717, 1.165) is 19.3 Å². The SMILES string of the molecule is CCC(CC)c1nn(CCOC2CCCCO2)c(C(=O)NCC(=O)c2ccccc2)c1[N+](=O)[O-]. The highest BCUT2D eigenvalue weighted by molar-refractivity contribution is 6.03. The molecule has 34 heavy (non-hydrogen) atoms. The van der Waals surface area contributed by atoms with E-state index in [1.165, 1.54) is 4.68 Å². The minimum atomic E-state index is -0.713. The predicted octanol–water partition coefficient (Wildman–Crippen LogP) is 3.85. The number of ether oxygens (including phenoxy) is 2. The van der Waals surface area contributed by atoms with Crippen LogP contribution < -0.4 is 5.32 Å². The molecule has 1 aromatic heterocycles. The van der Waals surface area contributed by atoms with Crippen molar-refractivity contribution in [1.82, 2.24) is 15.1 Å². The van der Waals surface area contributed by atoms with Crippen LogP contribution in [0.2, 0.25) is 0 Å². The summed E-state index contributed by atoms with van der Waals surface area (Å²) in [6.45, 7) is 4.56. The van der Waals surface area contributed by atoms with Crippen molar-refractivity contribution in [3.8, 4) is 0 Å². The fraction of sp³-hybridized carbons (Fsp3) is 0.542. The van der Waals surface area contributed by atoms with Gasteiger partial charge < -0.3 is 14.8 Å². The maximum Gasteiger partial charge on any atom is 0.323 e. The van der Waals surface area contributed by atoms with Gasteiger partial charge in [0.25, 0.3) is 5.91 Å². The van der Waals surface area contributed by atoms with E-state index in [-0.39, 0.29) is 54.8 Å². The minimum Gasteiger partial charge on any atom is -0.353 e. The largest absolute Gasteiger partial charge is 0.353 e. The number of nitro groups is 1. The van der Waals surface area contributed by atoms with Crippen LogP contribution in [0.5, 0.6) is 0 Å². The summed E-state index contributed by atoms with van der Waals surface area (Å²) in [5.41, 5.74) is 0.251. The van der Waals surface area contributed by atoms with Crippen molar-refractivity contribution in [1.29, 1.82) is 0 Å². The molecule has 10 nitrogen and oxygen atoms in total. The van der Waals surface area contributed by atoms with Crippen LogP contribution in [0, 0.1) is 10.1 Å². The molecule has 3 rings (SSSR count). The number of hydrogen-bond donors (Lipinski definition) is 1. The molecule has 2 heterocycles. The van der Waals surface area contributed by atoms with Gasteiger partial charge in [0.1, 0.15) is 5.69 Å². The van der Waals surface area contributed by atoms with E-state index in [2.05, 4.69) is 10.4 Å². The summed E-state index contributed by atoms with van der Waals surface area (Å²) in [7, 11) is 0. The number of ketones is 1. The highest BCUT2D eigenvalue weighted by Gasteiger charge is 2.35. The topological polar surface area (TPSA) is 126 Å². The summed E-state index contributed by atoms with van der Waals surface area (Å²) >= 11 is 0. The third-order valence-electron chi connectivity index (χ3n) is 5.97. The van der Waals surface area contributed by atoms with Crippen LogP contribution in [0.25, 0.3) is 0 Å². The van der Waals surface area contributed by atoms with Crippen LogP contribution in [0.15, 0.2) is 30.3 Å². The Hall–Kier alpha value is -3.11. The number of Topliss-reactive ketones (excluding diaryl/α,β-unsaturated/α-hetero) is 1. The molecule has 1 fully saturated rings. The van der Waals surface area contributed by atoms with Crippen LogP contribution in [0.1, 0.15) is 78.4 Å². The first-order valence-electron chi connectivity index (χ1n) is 11.8. The van der Waals surface area contributed by atoms with Gasteiger partial charge in [0.2, 0.25) is 5.69 Å². The molecule has 0 radical (unpaired) electrons. The first-order valence-corrected chi connectivity index (χ1v) is 11.8. The smallest absolute Gasteiger partial charge is 0.323 e. The summed E-state index contributed by atoms with van der Waals surface area (Å²) in [5, 5.41) is 19.0. The van der Waals surface area contributed by atoms with E-state index in [1.807, 2.05) is 13.8 Å². The Morgan fingerprint density at radius 1 is 1.26 bits per heavy atom. The van der Waals surface area contributed by atoms with Crippen molar-refractivity contribution < 1.29 is 24.0 Å². The highest BCUT2D eigenvalue weighted by Crippen LogP contribution is 2.33. The Bertz CT molecular complexity index is 981. The summed E-state index contributed by atoms with van der Waals surface area (Å²) in [5.74, 6) is -1.17. The number of hydrogen-bond acceptors (Lipinski definition) is 7. The standard InChI is InChI=1S/C24H32N4O6/c1-3-17(4-2)21-22(28(31)32)23(24(30)25-16-19(29)18-10-6-5-7-11-18)27(26-21)13-15-34-20-12-8-9-14-33-20/h5-7,10-11,17,20H,3-4,8-9,12-16H2,1-2H3,(H,25,30). The number of carbonyl (C=O) groups is 2. The molecule has 0 saturated carbocycles. The van der Waals surface area contributed by atoms with Crippen molar-refractivity contribution in [2.24, 2.45) is 0 Å². The summed E-state index contributed by atoms with van der Waals surface area (Å²) < 4.78 is 12.7. The fourth-order valence-electron chi connectivity index (χ4n) is 4.07. The predicted molar refractivity (Wildman–Crippen MR) is 125 cm³/mol. The van der Waals surface area contributed by atoms with Gasteiger partial charge in [-0.15, -0.1) is 0 Å². The zero-order chi connectivity index (χ0) is 24.5. The van der Waals surface area contributed by atoms with Gasteiger partial charge in [-0.1, -0.05) is 44.2 Å². The molecule has 0 spiro atoms. The van der Waals surface area contributed by atoms with E-state index in [4.69, 9.17) is 9.47 Å². The quantitative estimate of drug-likeness (QED) is 0.282. The van der Waals surface area contributed by atoms with Gasteiger partial charge >= 0.3 is 5.69 Å². The molecule has 1 aliphatic rings. The lowest BCUT2D eigenvalue weighted by Gasteiger charge is -2.22. The van der Waals surface area contributed by atoms with Gasteiger partial charge in [-0.25, -0.2) is 0 Å². The fourth-order valence-corrected chi connectivity index (χ4v) is 4.07. The Kier molecular flexibility index (Phi) is 9.29. The van der Waals surface area contributed by atoms with Gasteiger partial charge in [0, 0.05) is 18.1 Å². The molecule has 1 saturated heterocycles. The Balaban J connectivity index is 1.82. The summed E-state index contributed by atoms with van der Waals surface area (Å²) in [4.78, 5) is 37.0. The van der Waals surface area contributed by atoms with Crippen molar-refractivity contribution in [2.75, 3.05) is 19.8 Å². The maximum atomic E-state index is 13.1. The van der Waals surface area contributed by atoms with Crippen molar-refractivity contribution in [3.05, 3.63) is 57.4 Å². The molecular formula is C24H32N4O6. The van der Waals surface area contributed by atoms with Crippen LogP contribution in [0.3, 0.4) is 0 Å². The molecule has 1 aliphatic heterocycles. The minimum absolute atomic E-state index is 0.149. The Morgan fingerprint density at radius 2 is 2.00 bits per heavy atom. The van der Waals surface area contributed by atoms with Crippen LogP contribution >= 0.6 is 0 Å². The van der Waals surface area contributed by atoms with Gasteiger partial charge in [-0.05, 0) is 32.1 Å². The van der Waals surface area contributed by atoms with E-state index in [1.54, 1.807) is 30.3 Å². The number of carbonyl (C=O) groups excluding carboxylic acids is 2. The number of nitrogens with zero attached hydrogens (tertiary/aromatic N) is 3. The molecule has 1 atom stereocenters. The lowest BCUT2D eigenvalue weighted by molar-refractivity contribution is -0.386. The van der Waals surface area contributed by atoms with Gasteiger partial charge in [-0.3, -0.25) is 24.4 Å². The number of amides is 1. The molecule has 184 valence electrons. The lowest BCUT2D eigenvalue weighted by atomic mass is 9.98. The van der Waals surface area contributed by atoms with Gasteiger partial charge in [0.05, 0.1) is 24.6 Å². The normalized spacial score (nSPS) is 15.9. The Morgan fingerprint density at radius 3 is 2.62 bits per heavy atom. The van der Waals surface area contributed by atoms with E-state index >= 15 is 0 Å². The second kappa shape index (κ2) is 12.4. The van der Waals surface area contributed by atoms with Gasteiger partial charge in [0.15, 0.2) is 12.1 Å². The van der Waals surface area contributed by atoms with Crippen LogP contribution in [-0.4, -0.2) is 52.4 Å². The molecule has 1 aromatic carbocycles. The molecule has 0 bridgehead atoms. The van der Waals surface area contributed by atoms with E-state index < -0.39 is 10.8 Å². The third-order valence-corrected chi connectivity index (χ3v) is 5.97. The molecule has 1 unspecified atom stereocenters. The Labute approximate surface area is 198 Å². The highest BCUT2D eigenvalue weighted by atomic mass is 16.7. The van der Waals surface area contributed by atoms with Gasteiger partial charge in [-0.2, -0.15) is 5.10 Å². The van der Waals surface area contributed by atoms with Crippen molar-refractivity contribution in [2.45, 2.75) is 64.7 Å². The number of rotatable bonds is 12. The van der Waals surface area contributed by atoms with Crippen molar-refractivity contribution in [3.63, 3.8) is 0 Å². The van der Waals surface area contributed by atoms with Crippen molar-refractivity contribution >= 4 is 17.4 Å². The first-order chi connectivity index (χ1) is 16.5. The zero-order valence-corrected chi connectivity index (χ0v) is 19.7. The average Bonchev–Trinajstić information content (AvgIpc) is 3.24. The second-order valence-electron chi connectivity index (χ2n) is 8.21. The maximum absolute atomic E-state index is 13.1. The molecule has 0 aliphatic carbocycles. The molecule has 10 heteroatoms.